The molecule has 2 aromatic heterocycles. The molecule has 10 heteroatoms. The zero-order valence-corrected chi connectivity index (χ0v) is 18.5. The van der Waals surface area contributed by atoms with Gasteiger partial charge in [0.15, 0.2) is 10.8 Å². The summed E-state index contributed by atoms with van der Waals surface area (Å²) in [7, 11) is -3.72. The van der Waals surface area contributed by atoms with Crippen LogP contribution in [0.15, 0.2) is 51.1 Å². The Bertz CT molecular complexity index is 1160. The summed E-state index contributed by atoms with van der Waals surface area (Å²) in [4.78, 5) is 18.9. The number of halogens is 1. The quantitative estimate of drug-likeness (QED) is 0.605. The average molecular weight is 464 g/mol. The molecular weight excluding hydrogens is 441 g/mol. The van der Waals surface area contributed by atoms with Crippen LogP contribution in [0.3, 0.4) is 0 Å². The first-order valence-corrected chi connectivity index (χ1v) is 12.2. The standard InChI is InChI=1S/C21H22FN3O4S2/c1-14-2-7-19(29-14)21-23-17(13-30-21)12-20(26)25-10-8-16(9-11-25)24-31(27,28)18-5-3-15(22)4-6-18/h2-7,13,16,24H,8-12H2,1H3. The zero-order valence-electron chi connectivity index (χ0n) is 16.9. The lowest BCUT2D eigenvalue weighted by Crippen LogP contribution is -2.46. The first-order valence-electron chi connectivity index (χ1n) is 9.87. The van der Waals surface area contributed by atoms with Gasteiger partial charge >= 0.3 is 0 Å². The van der Waals surface area contributed by atoms with Gasteiger partial charge in [0.2, 0.25) is 15.9 Å². The molecule has 0 radical (unpaired) electrons. The van der Waals surface area contributed by atoms with Crippen LogP contribution >= 0.6 is 11.3 Å². The van der Waals surface area contributed by atoms with Crippen molar-refractivity contribution in [3.05, 3.63) is 59.0 Å². The molecule has 4 rings (SSSR count). The highest BCUT2D eigenvalue weighted by Gasteiger charge is 2.27. The highest BCUT2D eigenvalue weighted by atomic mass is 32.2. The Morgan fingerprint density at radius 1 is 1.23 bits per heavy atom. The van der Waals surface area contributed by atoms with Crippen LogP contribution in [0.1, 0.15) is 24.3 Å². The maximum atomic E-state index is 13.0. The molecule has 1 aliphatic heterocycles. The largest absolute Gasteiger partial charge is 0.459 e. The predicted molar refractivity (Wildman–Crippen MR) is 115 cm³/mol. The van der Waals surface area contributed by atoms with Gasteiger partial charge in [-0.2, -0.15) is 0 Å². The van der Waals surface area contributed by atoms with Gasteiger partial charge in [0.05, 0.1) is 17.0 Å². The molecule has 0 saturated carbocycles. The third-order valence-corrected chi connectivity index (χ3v) is 7.57. The Labute approximate surface area is 184 Å². The molecular formula is C21H22FN3O4S2. The number of nitrogens with zero attached hydrogens (tertiary/aromatic N) is 2. The number of rotatable bonds is 6. The van der Waals surface area contributed by atoms with Crippen molar-refractivity contribution in [1.29, 1.82) is 0 Å². The van der Waals surface area contributed by atoms with Crippen LogP contribution in [0, 0.1) is 12.7 Å². The SMILES string of the molecule is Cc1ccc(-c2nc(CC(=O)N3CCC(NS(=O)(=O)c4ccc(F)cc4)CC3)cs2)o1. The fraction of sp³-hybridized carbons (Fsp3) is 0.333. The van der Waals surface area contributed by atoms with Crippen molar-refractivity contribution < 1.29 is 22.0 Å². The molecule has 0 aliphatic carbocycles. The molecule has 0 spiro atoms. The molecule has 31 heavy (non-hydrogen) atoms. The third-order valence-electron chi connectivity index (χ3n) is 5.13. The number of hydrogen-bond acceptors (Lipinski definition) is 6. The molecule has 7 nitrogen and oxygen atoms in total. The van der Waals surface area contributed by atoms with E-state index >= 15 is 0 Å². The molecule has 0 bridgehead atoms. The Balaban J connectivity index is 1.30. The normalized spacial score (nSPS) is 15.4. The Kier molecular flexibility index (Phi) is 6.22. The van der Waals surface area contributed by atoms with Crippen LogP contribution in [0.25, 0.3) is 10.8 Å². The van der Waals surface area contributed by atoms with Gasteiger partial charge in [-0.05, 0) is 56.2 Å². The lowest BCUT2D eigenvalue weighted by Gasteiger charge is -2.32. The lowest BCUT2D eigenvalue weighted by molar-refractivity contribution is -0.131. The molecule has 1 saturated heterocycles. The molecule has 1 amide bonds. The van der Waals surface area contributed by atoms with Gasteiger partial charge in [-0.15, -0.1) is 11.3 Å². The molecule has 3 aromatic rings. The smallest absolute Gasteiger partial charge is 0.240 e. The van der Waals surface area contributed by atoms with Crippen molar-refractivity contribution in [2.75, 3.05) is 13.1 Å². The number of thiazole rings is 1. The van der Waals surface area contributed by atoms with E-state index < -0.39 is 15.8 Å². The fourth-order valence-corrected chi connectivity index (χ4v) is 5.55. The van der Waals surface area contributed by atoms with Gasteiger partial charge < -0.3 is 9.32 Å². The summed E-state index contributed by atoms with van der Waals surface area (Å²) >= 11 is 1.43. The number of carbonyl (C=O) groups excluding carboxylic acids is 1. The lowest BCUT2D eigenvalue weighted by atomic mass is 10.1. The summed E-state index contributed by atoms with van der Waals surface area (Å²) in [5, 5.41) is 2.60. The van der Waals surface area contributed by atoms with Crippen molar-refractivity contribution in [2.24, 2.45) is 0 Å². The number of hydrogen-bond donors (Lipinski definition) is 1. The highest BCUT2D eigenvalue weighted by Crippen LogP contribution is 2.26. The van der Waals surface area contributed by atoms with E-state index in [0.717, 1.165) is 22.9 Å². The van der Waals surface area contributed by atoms with E-state index in [4.69, 9.17) is 4.42 Å². The first kappa shape index (κ1) is 21.7. The minimum atomic E-state index is -3.72. The Morgan fingerprint density at radius 3 is 2.58 bits per heavy atom. The summed E-state index contributed by atoms with van der Waals surface area (Å²) < 4.78 is 46.2. The second-order valence-corrected chi connectivity index (χ2v) is 10.0. The Morgan fingerprint density at radius 2 is 1.94 bits per heavy atom. The number of aryl methyl sites for hydroxylation is 1. The number of piperidine rings is 1. The second-order valence-electron chi connectivity index (χ2n) is 7.46. The number of nitrogens with one attached hydrogen (secondary N) is 1. The minimum absolute atomic E-state index is 0.0264. The van der Waals surface area contributed by atoms with Crippen molar-refractivity contribution in [2.45, 2.75) is 37.1 Å². The summed E-state index contributed by atoms with van der Waals surface area (Å²) in [6, 6.07) is 8.17. The topological polar surface area (TPSA) is 92.5 Å². The van der Waals surface area contributed by atoms with E-state index in [-0.39, 0.29) is 23.3 Å². The van der Waals surface area contributed by atoms with Gasteiger partial charge in [-0.1, -0.05) is 0 Å². The van der Waals surface area contributed by atoms with Gasteiger partial charge in [0.1, 0.15) is 11.6 Å². The van der Waals surface area contributed by atoms with E-state index in [1.54, 1.807) is 4.90 Å². The van der Waals surface area contributed by atoms with E-state index in [9.17, 15) is 17.6 Å². The van der Waals surface area contributed by atoms with Gasteiger partial charge in [-0.3, -0.25) is 4.79 Å². The molecule has 3 heterocycles. The fourth-order valence-electron chi connectivity index (χ4n) is 3.47. The minimum Gasteiger partial charge on any atom is -0.459 e. The summed E-state index contributed by atoms with van der Waals surface area (Å²) in [6.07, 6.45) is 1.22. The van der Waals surface area contributed by atoms with E-state index in [0.29, 0.717) is 37.4 Å². The molecule has 0 atom stereocenters. The molecule has 1 aromatic carbocycles. The zero-order chi connectivity index (χ0) is 22.0. The number of likely N-dealkylation sites (tertiary alicyclic amines) is 1. The van der Waals surface area contributed by atoms with Crippen molar-refractivity contribution >= 4 is 27.3 Å². The van der Waals surface area contributed by atoms with E-state index in [1.807, 2.05) is 24.4 Å². The van der Waals surface area contributed by atoms with E-state index in [2.05, 4.69) is 9.71 Å². The van der Waals surface area contributed by atoms with Gasteiger partial charge in [0.25, 0.3) is 0 Å². The van der Waals surface area contributed by atoms with Crippen molar-refractivity contribution in [3.8, 4) is 10.8 Å². The molecule has 1 fully saturated rings. The summed E-state index contributed by atoms with van der Waals surface area (Å²) in [5.74, 6) is 0.973. The second kappa shape index (κ2) is 8.89. The van der Waals surface area contributed by atoms with Gasteiger partial charge in [-0.25, -0.2) is 22.5 Å². The Hall–Kier alpha value is -2.56. The van der Waals surface area contributed by atoms with Crippen molar-refractivity contribution in [3.63, 3.8) is 0 Å². The molecule has 1 N–H and O–H groups in total. The monoisotopic (exact) mass is 463 g/mol. The molecule has 0 unspecified atom stereocenters. The molecule has 1 aliphatic rings. The predicted octanol–water partition coefficient (Wildman–Crippen LogP) is 3.36. The first-order chi connectivity index (χ1) is 14.8. The maximum Gasteiger partial charge on any atom is 0.240 e. The van der Waals surface area contributed by atoms with Crippen LogP contribution in [0.4, 0.5) is 4.39 Å². The van der Waals surface area contributed by atoms with Crippen LogP contribution in [0.5, 0.6) is 0 Å². The van der Waals surface area contributed by atoms with Crippen LogP contribution in [0.2, 0.25) is 0 Å². The number of aromatic nitrogens is 1. The number of amides is 1. The van der Waals surface area contributed by atoms with Crippen LogP contribution < -0.4 is 4.72 Å². The number of furan rings is 1. The summed E-state index contributed by atoms with van der Waals surface area (Å²) in [6.45, 7) is 2.79. The average Bonchev–Trinajstić information content (AvgIpc) is 3.37. The number of benzene rings is 1. The molecule has 164 valence electrons. The maximum absolute atomic E-state index is 13.0. The number of carbonyl (C=O) groups is 1. The summed E-state index contributed by atoms with van der Waals surface area (Å²) in [5.41, 5.74) is 0.693. The number of sulfonamides is 1. The van der Waals surface area contributed by atoms with Crippen LogP contribution in [-0.4, -0.2) is 43.3 Å². The van der Waals surface area contributed by atoms with E-state index in [1.165, 1.54) is 23.5 Å². The van der Waals surface area contributed by atoms with Gasteiger partial charge in [0, 0.05) is 24.5 Å². The highest BCUT2D eigenvalue weighted by molar-refractivity contribution is 7.89. The van der Waals surface area contributed by atoms with Crippen molar-refractivity contribution in [1.82, 2.24) is 14.6 Å². The van der Waals surface area contributed by atoms with Crippen LogP contribution in [-0.2, 0) is 21.2 Å². The third kappa shape index (κ3) is 5.20.